The average molecular weight is 303 g/mol. The van der Waals surface area contributed by atoms with Crippen molar-refractivity contribution in [3.05, 3.63) is 59.7 Å². The summed E-state index contributed by atoms with van der Waals surface area (Å²) in [7, 11) is 1.96. The SMILES string of the molecule is CN(CCC#N)c1ccc(C=C2C(=O)Nc3ccccc32)cc1. The monoisotopic (exact) mass is 303 g/mol. The molecule has 0 atom stereocenters. The van der Waals surface area contributed by atoms with Crippen molar-refractivity contribution in [1.29, 1.82) is 5.26 Å². The molecule has 3 rings (SSSR count). The molecule has 0 aromatic heterocycles. The highest BCUT2D eigenvalue weighted by Crippen LogP contribution is 2.32. The zero-order chi connectivity index (χ0) is 16.2. The molecular formula is C19H17N3O. The van der Waals surface area contributed by atoms with E-state index in [-0.39, 0.29) is 5.91 Å². The van der Waals surface area contributed by atoms with Gasteiger partial charge in [-0.15, -0.1) is 0 Å². The molecule has 1 N–H and O–H groups in total. The fourth-order valence-corrected chi connectivity index (χ4v) is 2.62. The molecular weight excluding hydrogens is 286 g/mol. The lowest BCUT2D eigenvalue weighted by atomic mass is 10.0. The normalized spacial score (nSPS) is 14.3. The fourth-order valence-electron chi connectivity index (χ4n) is 2.62. The quantitative estimate of drug-likeness (QED) is 0.879. The van der Waals surface area contributed by atoms with E-state index in [4.69, 9.17) is 5.26 Å². The molecule has 1 aliphatic rings. The second kappa shape index (κ2) is 6.37. The van der Waals surface area contributed by atoms with Crippen LogP contribution in [-0.4, -0.2) is 19.5 Å². The number of carbonyl (C=O) groups is 1. The molecule has 2 aromatic rings. The van der Waals surface area contributed by atoms with Gasteiger partial charge in [-0.3, -0.25) is 4.79 Å². The van der Waals surface area contributed by atoms with Crippen LogP contribution in [-0.2, 0) is 4.79 Å². The fraction of sp³-hybridized carbons (Fsp3) is 0.158. The third kappa shape index (κ3) is 3.09. The van der Waals surface area contributed by atoms with E-state index < -0.39 is 0 Å². The topological polar surface area (TPSA) is 56.1 Å². The Balaban J connectivity index is 1.84. The zero-order valence-electron chi connectivity index (χ0n) is 12.9. The van der Waals surface area contributed by atoms with Gasteiger partial charge >= 0.3 is 0 Å². The van der Waals surface area contributed by atoms with Crippen LogP contribution in [0.2, 0.25) is 0 Å². The van der Waals surface area contributed by atoms with Crippen LogP contribution < -0.4 is 10.2 Å². The lowest BCUT2D eigenvalue weighted by molar-refractivity contribution is -0.110. The van der Waals surface area contributed by atoms with E-state index in [0.717, 1.165) is 22.5 Å². The number of benzene rings is 2. The number of para-hydroxylation sites is 1. The Morgan fingerprint density at radius 3 is 2.65 bits per heavy atom. The van der Waals surface area contributed by atoms with E-state index in [1.165, 1.54) is 0 Å². The van der Waals surface area contributed by atoms with Crippen molar-refractivity contribution in [2.45, 2.75) is 6.42 Å². The van der Waals surface area contributed by atoms with E-state index in [2.05, 4.69) is 11.4 Å². The number of fused-ring (bicyclic) bond motifs is 1. The number of carbonyl (C=O) groups excluding carboxylic acids is 1. The van der Waals surface area contributed by atoms with Crippen LogP contribution in [0.4, 0.5) is 11.4 Å². The van der Waals surface area contributed by atoms with Crippen LogP contribution >= 0.6 is 0 Å². The van der Waals surface area contributed by atoms with E-state index in [1.54, 1.807) is 0 Å². The first-order chi connectivity index (χ1) is 11.2. The van der Waals surface area contributed by atoms with Crippen LogP contribution in [0.1, 0.15) is 17.5 Å². The zero-order valence-corrected chi connectivity index (χ0v) is 12.9. The molecule has 0 bridgehead atoms. The molecule has 0 spiro atoms. The summed E-state index contributed by atoms with van der Waals surface area (Å²) in [6, 6.07) is 17.8. The lowest BCUT2D eigenvalue weighted by Gasteiger charge is -2.17. The maximum Gasteiger partial charge on any atom is 0.256 e. The first kappa shape index (κ1) is 14.9. The molecule has 2 aromatic carbocycles. The van der Waals surface area contributed by atoms with Gasteiger partial charge in [-0.25, -0.2) is 0 Å². The maximum atomic E-state index is 12.1. The third-order valence-corrected chi connectivity index (χ3v) is 3.91. The summed E-state index contributed by atoms with van der Waals surface area (Å²) in [5.74, 6) is -0.0681. The van der Waals surface area contributed by atoms with Gasteiger partial charge in [-0.2, -0.15) is 5.26 Å². The Kier molecular flexibility index (Phi) is 4.11. The van der Waals surface area contributed by atoms with Crippen molar-refractivity contribution in [3.63, 3.8) is 0 Å². The van der Waals surface area contributed by atoms with Gasteiger partial charge < -0.3 is 10.2 Å². The van der Waals surface area contributed by atoms with Crippen LogP contribution in [0.3, 0.4) is 0 Å². The number of nitriles is 1. The lowest BCUT2D eigenvalue weighted by Crippen LogP contribution is -2.17. The molecule has 23 heavy (non-hydrogen) atoms. The van der Waals surface area contributed by atoms with Crippen molar-refractivity contribution in [3.8, 4) is 6.07 Å². The van der Waals surface area contributed by atoms with Crippen LogP contribution in [0.25, 0.3) is 11.6 Å². The van der Waals surface area contributed by atoms with E-state index >= 15 is 0 Å². The number of nitrogens with zero attached hydrogens (tertiary/aromatic N) is 2. The van der Waals surface area contributed by atoms with Crippen LogP contribution in [0.5, 0.6) is 0 Å². The minimum atomic E-state index is -0.0681. The standard InChI is InChI=1S/C19H17N3O/c1-22(12-4-11-20)15-9-7-14(8-10-15)13-17-16-5-2-3-6-18(16)21-19(17)23/h2-3,5-10,13H,4,12H2,1H3,(H,21,23). The Bertz CT molecular complexity index is 800. The number of amides is 1. The Morgan fingerprint density at radius 1 is 1.17 bits per heavy atom. The molecule has 0 aliphatic carbocycles. The Labute approximate surface area is 135 Å². The van der Waals surface area contributed by atoms with Gasteiger partial charge in [0.25, 0.3) is 5.91 Å². The minimum Gasteiger partial charge on any atom is -0.374 e. The molecule has 0 radical (unpaired) electrons. The molecule has 0 fully saturated rings. The molecule has 0 saturated carbocycles. The van der Waals surface area contributed by atoms with Gasteiger partial charge in [0.2, 0.25) is 0 Å². The van der Waals surface area contributed by atoms with Crippen LogP contribution in [0, 0.1) is 11.3 Å². The van der Waals surface area contributed by atoms with Crippen molar-refractivity contribution in [2.75, 3.05) is 23.8 Å². The Morgan fingerprint density at radius 2 is 1.91 bits per heavy atom. The predicted molar refractivity (Wildman–Crippen MR) is 92.9 cm³/mol. The summed E-state index contributed by atoms with van der Waals surface area (Å²) < 4.78 is 0. The van der Waals surface area contributed by atoms with Gasteiger partial charge in [0.05, 0.1) is 12.5 Å². The smallest absolute Gasteiger partial charge is 0.256 e. The minimum absolute atomic E-state index is 0.0681. The second-order valence-corrected chi connectivity index (χ2v) is 5.48. The molecule has 0 saturated heterocycles. The van der Waals surface area contributed by atoms with E-state index in [1.807, 2.05) is 66.6 Å². The van der Waals surface area contributed by atoms with E-state index in [0.29, 0.717) is 18.5 Å². The van der Waals surface area contributed by atoms with Crippen LogP contribution in [0.15, 0.2) is 48.5 Å². The summed E-state index contributed by atoms with van der Waals surface area (Å²) in [4.78, 5) is 14.2. The number of anilines is 2. The highest BCUT2D eigenvalue weighted by atomic mass is 16.2. The average Bonchev–Trinajstić information content (AvgIpc) is 2.89. The molecule has 4 nitrogen and oxygen atoms in total. The summed E-state index contributed by atoms with van der Waals surface area (Å²) in [6.07, 6.45) is 2.40. The molecule has 1 amide bonds. The molecule has 114 valence electrons. The number of rotatable bonds is 4. The first-order valence-corrected chi connectivity index (χ1v) is 7.49. The van der Waals surface area contributed by atoms with Gasteiger partial charge in [-0.05, 0) is 29.8 Å². The van der Waals surface area contributed by atoms with Crippen molar-refractivity contribution >= 4 is 28.9 Å². The summed E-state index contributed by atoms with van der Waals surface area (Å²) >= 11 is 0. The molecule has 0 unspecified atom stereocenters. The number of nitrogens with one attached hydrogen (secondary N) is 1. The van der Waals surface area contributed by atoms with E-state index in [9.17, 15) is 4.79 Å². The summed E-state index contributed by atoms with van der Waals surface area (Å²) in [5.41, 5.74) is 4.51. The Hall–Kier alpha value is -3.06. The molecule has 1 aliphatic heterocycles. The largest absolute Gasteiger partial charge is 0.374 e. The van der Waals surface area contributed by atoms with Gasteiger partial charge in [0.15, 0.2) is 0 Å². The van der Waals surface area contributed by atoms with Gasteiger partial charge in [0, 0.05) is 36.1 Å². The highest BCUT2D eigenvalue weighted by Gasteiger charge is 2.23. The van der Waals surface area contributed by atoms with Crippen molar-refractivity contribution in [2.24, 2.45) is 0 Å². The van der Waals surface area contributed by atoms with Gasteiger partial charge in [0.1, 0.15) is 0 Å². The highest BCUT2D eigenvalue weighted by molar-refractivity contribution is 6.34. The van der Waals surface area contributed by atoms with Crippen molar-refractivity contribution < 1.29 is 4.79 Å². The molecule has 1 heterocycles. The number of hydrogen-bond acceptors (Lipinski definition) is 3. The summed E-state index contributed by atoms with van der Waals surface area (Å²) in [6.45, 7) is 0.701. The summed E-state index contributed by atoms with van der Waals surface area (Å²) in [5, 5.41) is 11.5. The first-order valence-electron chi connectivity index (χ1n) is 7.49. The molecule has 4 heteroatoms. The van der Waals surface area contributed by atoms with Crippen molar-refractivity contribution in [1.82, 2.24) is 0 Å². The maximum absolute atomic E-state index is 12.1. The van der Waals surface area contributed by atoms with Gasteiger partial charge in [-0.1, -0.05) is 30.3 Å². The predicted octanol–water partition coefficient (Wildman–Crippen LogP) is 3.53. The second-order valence-electron chi connectivity index (χ2n) is 5.48. The third-order valence-electron chi connectivity index (χ3n) is 3.91. The number of hydrogen-bond donors (Lipinski definition) is 1.